The van der Waals surface area contributed by atoms with Crippen LogP contribution in [0.4, 0.5) is 6.01 Å². The molecular weight excluding hydrogens is 166 g/mol. The standard InChI is InChI=1S/C6H8ClN3O/c1-4(7)3-8-6-9-5(2)10-11-6/h1,3H2,2H3,(H,8,9,10). The molecule has 0 amide bonds. The van der Waals surface area contributed by atoms with Gasteiger partial charge in [-0.3, -0.25) is 0 Å². The Morgan fingerprint density at radius 3 is 3.00 bits per heavy atom. The Balaban J connectivity index is 2.45. The zero-order chi connectivity index (χ0) is 8.27. The van der Waals surface area contributed by atoms with E-state index in [1.807, 2.05) is 0 Å². The molecule has 0 unspecified atom stereocenters. The van der Waals surface area contributed by atoms with Crippen molar-refractivity contribution in [1.82, 2.24) is 10.1 Å². The van der Waals surface area contributed by atoms with Gasteiger partial charge in [-0.1, -0.05) is 23.3 Å². The van der Waals surface area contributed by atoms with Gasteiger partial charge < -0.3 is 9.84 Å². The Morgan fingerprint density at radius 1 is 1.82 bits per heavy atom. The fraction of sp³-hybridized carbons (Fsp3) is 0.333. The van der Waals surface area contributed by atoms with E-state index in [2.05, 4.69) is 22.0 Å². The van der Waals surface area contributed by atoms with Crippen LogP contribution in [-0.2, 0) is 0 Å². The molecule has 60 valence electrons. The van der Waals surface area contributed by atoms with Gasteiger partial charge in [0.15, 0.2) is 5.82 Å². The average molecular weight is 174 g/mol. The van der Waals surface area contributed by atoms with Crippen LogP contribution in [0.1, 0.15) is 5.82 Å². The fourth-order valence-corrected chi connectivity index (χ4v) is 0.607. The number of nitrogens with one attached hydrogen (secondary N) is 1. The van der Waals surface area contributed by atoms with Crippen LogP contribution in [0, 0.1) is 6.92 Å². The highest BCUT2D eigenvalue weighted by Crippen LogP contribution is 2.03. The van der Waals surface area contributed by atoms with Crippen LogP contribution >= 0.6 is 11.6 Å². The van der Waals surface area contributed by atoms with Gasteiger partial charge in [0.05, 0.1) is 6.54 Å². The Morgan fingerprint density at radius 2 is 2.55 bits per heavy atom. The van der Waals surface area contributed by atoms with Crippen LogP contribution < -0.4 is 5.32 Å². The lowest BCUT2D eigenvalue weighted by Gasteiger charge is -1.95. The fourth-order valence-electron chi connectivity index (χ4n) is 0.540. The van der Waals surface area contributed by atoms with Crippen LogP contribution in [-0.4, -0.2) is 16.7 Å². The summed E-state index contributed by atoms with van der Waals surface area (Å²) in [6.45, 7) is 5.66. The molecule has 0 atom stereocenters. The number of rotatable bonds is 3. The molecule has 0 saturated carbocycles. The van der Waals surface area contributed by atoms with Crippen molar-refractivity contribution in [2.75, 3.05) is 11.9 Å². The molecule has 5 heteroatoms. The summed E-state index contributed by atoms with van der Waals surface area (Å²) in [7, 11) is 0. The Kier molecular flexibility index (Phi) is 2.48. The van der Waals surface area contributed by atoms with E-state index < -0.39 is 0 Å². The molecule has 0 radical (unpaired) electrons. The number of halogens is 1. The molecule has 4 nitrogen and oxygen atoms in total. The van der Waals surface area contributed by atoms with Crippen LogP contribution in [0.15, 0.2) is 16.1 Å². The molecule has 0 saturated heterocycles. The van der Waals surface area contributed by atoms with E-state index in [-0.39, 0.29) is 0 Å². The summed E-state index contributed by atoms with van der Waals surface area (Å²) in [6, 6.07) is 0.365. The van der Waals surface area contributed by atoms with Crippen molar-refractivity contribution in [3.63, 3.8) is 0 Å². The van der Waals surface area contributed by atoms with Gasteiger partial charge in [0.2, 0.25) is 0 Å². The van der Waals surface area contributed by atoms with E-state index in [4.69, 9.17) is 16.1 Å². The number of aryl methyl sites for hydroxylation is 1. The smallest absolute Gasteiger partial charge is 0.321 e. The maximum absolute atomic E-state index is 5.49. The van der Waals surface area contributed by atoms with Crippen LogP contribution in [0.5, 0.6) is 0 Å². The van der Waals surface area contributed by atoms with E-state index in [1.54, 1.807) is 6.92 Å². The van der Waals surface area contributed by atoms with Crippen molar-refractivity contribution in [3.05, 3.63) is 17.4 Å². The number of nitrogens with zero attached hydrogens (tertiary/aromatic N) is 2. The molecule has 1 rings (SSSR count). The maximum atomic E-state index is 5.49. The van der Waals surface area contributed by atoms with Crippen molar-refractivity contribution in [2.24, 2.45) is 0 Å². The molecule has 1 aromatic heterocycles. The minimum absolute atomic E-state index is 0.365. The SMILES string of the molecule is C=C(Cl)CNc1nc(C)no1. The van der Waals surface area contributed by atoms with Crippen LogP contribution in [0.2, 0.25) is 0 Å². The summed E-state index contributed by atoms with van der Waals surface area (Å²) in [5.41, 5.74) is 0. The predicted octanol–water partition coefficient (Wildman–Crippen LogP) is 1.54. The molecule has 0 bridgehead atoms. The molecule has 0 spiro atoms. The Bertz CT molecular complexity index is 258. The largest absolute Gasteiger partial charge is 0.333 e. The highest BCUT2D eigenvalue weighted by Gasteiger charge is 1.99. The maximum Gasteiger partial charge on any atom is 0.321 e. The second-order valence-electron chi connectivity index (χ2n) is 2.02. The van der Waals surface area contributed by atoms with Gasteiger partial charge in [0.1, 0.15) is 0 Å². The molecule has 0 fully saturated rings. The Labute approximate surface area is 69.2 Å². The zero-order valence-electron chi connectivity index (χ0n) is 6.09. The van der Waals surface area contributed by atoms with Crippen LogP contribution in [0.3, 0.4) is 0 Å². The summed E-state index contributed by atoms with van der Waals surface area (Å²) in [5.74, 6) is 0.590. The monoisotopic (exact) mass is 173 g/mol. The van der Waals surface area contributed by atoms with Gasteiger partial charge in [0, 0.05) is 5.03 Å². The Hall–Kier alpha value is -1.03. The third-order valence-electron chi connectivity index (χ3n) is 0.959. The van der Waals surface area contributed by atoms with Gasteiger partial charge >= 0.3 is 6.01 Å². The molecule has 1 aromatic rings. The summed E-state index contributed by atoms with van der Waals surface area (Å²) in [6.07, 6.45) is 0. The van der Waals surface area contributed by atoms with Crippen molar-refractivity contribution in [3.8, 4) is 0 Å². The normalized spacial score (nSPS) is 9.64. The van der Waals surface area contributed by atoms with Gasteiger partial charge in [-0.05, 0) is 6.92 Å². The molecule has 11 heavy (non-hydrogen) atoms. The average Bonchev–Trinajstić information content (AvgIpc) is 2.31. The molecule has 0 aromatic carbocycles. The van der Waals surface area contributed by atoms with E-state index in [0.29, 0.717) is 23.4 Å². The topological polar surface area (TPSA) is 51.0 Å². The molecule has 0 aliphatic rings. The summed E-state index contributed by atoms with van der Waals surface area (Å²) >= 11 is 5.49. The van der Waals surface area contributed by atoms with E-state index >= 15 is 0 Å². The summed E-state index contributed by atoms with van der Waals surface area (Å²) in [4.78, 5) is 3.89. The van der Waals surface area contributed by atoms with Crippen molar-refractivity contribution in [1.29, 1.82) is 0 Å². The lowest BCUT2D eigenvalue weighted by molar-refractivity contribution is 0.426. The van der Waals surface area contributed by atoms with Gasteiger partial charge in [-0.2, -0.15) is 4.98 Å². The highest BCUT2D eigenvalue weighted by atomic mass is 35.5. The van der Waals surface area contributed by atoms with Gasteiger partial charge in [0.25, 0.3) is 0 Å². The number of aromatic nitrogens is 2. The predicted molar refractivity (Wildman–Crippen MR) is 42.5 cm³/mol. The van der Waals surface area contributed by atoms with Gasteiger partial charge in [-0.25, -0.2) is 0 Å². The zero-order valence-corrected chi connectivity index (χ0v) is 6.85. The summed E-state index contributed by atoms with van der Waals surface area (Å²) < 4.78 is 4.74. The van der Waals surface area contributed by atoms with E-state index in [1.165, 1.54) is 0 Å². The molecule has 0 aliphatic carbocycles. The molecule has 1 heterocycles. The molecule has 0 aliphatic heterocycles. The minimum Gasteiger partial charge on any atom is -0.333 e. The first kappa shape index (κ1) is 8.07. The first-order valence-electron chi connectivity index (χ1n) is 3.06. The number of hydrogen-bond acceptors (Lipinski definition) is 4. The van der Waals surface area contributed by atoms with E-state index in [9.17, 15) is 0 Å². The number of hydrogen-bond donors (Lipinski definition) is 1. The van der Waals surface area contributed by atoms with Crippen molar-refractivity contribution >= 4 is 17.6 Å². The minimum atomic E-state index is 0.365. The first-order valence-corrected chi connectivity index (χ1v) is 3.44. The number of anilines is 1. The molecule has 1 N–H and O–H groups in total. The molecular formula is C6H8ClN3O. The van der Waals surface area contributed by atoms with Crippen molar-refractivity contribution in [2.45, 2.75) is 6.92 Å². The van der Waals surface area contributed by atoms with E-state index in [0.717, 1.165) is 0 Å². The summed E-state index contributed by atoms with van der Waals surface area (Å²) in [5, 5.41) is 6.87. The highest BCUT2D eigenvalue weighted by molar-refractivity contribution is 6.29. The second-order valence-corrected chi connectivity index (χ2v) is 2.55. The van der Waals surface area contributed by atoms with Gasteiger partial charge in [-0.15, -0.1) is 0 Å². The van der Waals surface area contributed by atoms with Crippen molar-refractivity contribution < 1.29 is 4.52 Å². The lowest BCUT2D eigenvalue weighted by Crippen LogP contribution is -2.00. The lowest BCUT2D eigenvalue weighted by atomic mass is 10.6. The third kappa shape index (κ3) is 2.59. The second kappa shape index (κ2) is 3.39. The third-order valence-corrected chi connectivity index (χ3v) is 1.09. The quantitative estimate of drug-likeness (QED) is 0.754. The first-order chi connectivity index (χ1) is 5.18. The van der Waals surface area contributed by atoms with Crippen LogP contribution in [0.25, 0.3) is 0 Å².